The van der Waals surface area contributed by atoms with Gasteiger partial charge in [-0.1, -0.05) is 12.1 Å². The van der Waals surface area contributed by atoms with Crippen molar-refractivity contribution in [1.82, 2.24) is 5.32 Å². The third kappa shape index (κ3) is 5.41. The largest absolute Gasteiger partial charge is 0.493 e. The van der Waals surface area contributed by atoms with Crippen molar-refractivity contribution in [3.8, 4) is 17.2 Å². The summed E-state index contributed by atoms with van der Waals surface area (Å²) in [7, 11) is 3.16. The highest BCUT2D eigenvalue weighted by molar-refractivity contribution is 5.78. The van der Waals surface area contributed by atoms with E-state index in [4.69, 9.17) is 14.2 Å². The van der Waals surface area contributed by atoms with Crippen LogP contribution in [0.5, 0.6) is 17.2 Å². The van der Waals surface area contributed by atoms with E-state index in [1.54, 1.807) is 20.3 Å². The van der Waals surface area contributed by atoms with Crippen LogP contribution in [0.4, 0.5) is 0 Å². The van der Waals surface area contributed by atoms with E-state index in [9.17, 15) is 4.79 Å². The molecule has 0 unspecified atom stereocenters. The topological polar surface area (TPSA) is 56.8 Å². The number of benzene rings is 2. The molecule has 1 N–H and O–H groups in total. The minimum atomic E-state index is -0.0593. The van der Waals surface area contributed by atoms with Gasteiger partial charge in [-0.2, -0.15) is 0 Å². The monoisotopic (exact) mass is 343 g/mol. The number of nitrogens with one attached hydrogen (secondary N) is 1. The molecule has 0 radical (unpaired) electrons. The lowest BCUT2D eigenvalue weighted by molar-refractivity contribution is -0.120. The average Bonchev–Trinajstić information content (AvgIpc) is 2.61. The second-order valence-corrected chi connectivity index (χ2v) is 5.81. The van der Waals surface area contributed by atoms with E-state index in [-0.39, 0.29) is 12.3 Å². The van der Waals surface area contributed by atoms with E-state index >= 15 is 0 Å². The van der Waals surface area contributed by atoms with Gasteiger partial charge < -0.3 is 19.5 Å². The first kappa shape index (κ1) is 18.6. The molecule has 2 rings (SSSR count). The molecule has 5 heteroatoms. The molecular weight excluding hydrogens is 318 g/mol. The van der Waals surface area contributed by atoms with Crippen LogP contribution in [0.15, 0.2) is 36.4 Å². The Balaban J connectivity index is 1.78. The molecule has 2 aromatic rings. The standard InChI is InChI=1S/C20H25NO4/c1-14-5-7-17(11-15(14)2)25-10-9-21-20(22)13-16-6-8-18(23-3)19(12-16)24-4/h5-8,11-12H,9-10,13H2,1-4H3,(H,21,22). The fraction of sp³-hybridized carbons (Fsp3) is 0.350. The molecule has 0 aliphatic heterocycles. The Hall–Kier alpha value is -2.69. The Morgan fingerprint density at radius 1 is 0.960 bits per heavy atom. The first-order chi connectivity index (χ1) is 12.0. The van der Waals surface area contributed by atoms with Crippen LogP contribution in [-0.2, 0) is 11.2 Å². The van der Waals surface area contributed by atoms with Gasteiger partial charge in [0.1, 0.15) is 12.4 Å². The zero-order chi connectivity index (χ0) is 18.2. The average molecular weight is 343 g/mol. The van der Waals surface area contributed by atoms with E-state index in [0.29, 0.717) is 24.7 Å². The highest BCUT2D eigenvalue weighted by Crippen LogP contribution is 2.27. The summed E-state index contributed by atoms with van der Waals surface area (Å²) in [4.78, 5) is 12.0. The van der Waals surface area contributed by atoms with Crippen LogP contribution < -0.4 is 19.5 Å². The number of carbonyl (C=O) groups excluding carboxylic acids is 1. The van der Waals surface area contributed by atoms with Crippen molar-refractivity contribution in [3.63, 3.8) is 0 Å². The van der Waals surface area contributed by atoms with Crippen LogP contribution in [0.2, 0.25) is 0 Å². The van der Waals surface area contributed by atoms with Gasteiger partial charge in [0.15, 0.2) is 11.5 Å². The lowest BCUT2D eigenvalue weighted by atomic mass is 10.1. The van der Waals surface area contributed by atoms with Gasteiger partial charge in [0.2, 0.25) is 5.91 Å². The fourth-order valence-electron chi connectivity index (χ4n) is 2.40. The fourth-order valence-corrected chi connectivity index (χ4v) is 2.40. The number of carbonyl (C=O) groups is 1. The molecule has 0 fully saturated rings. The van der Waals surface area contributed by atoms with E-state index < -0.39 is 0 Å². The van der Waals surface area contributed by atoms with Gasteiger partial charge >= 0.3 is 0 Å². The van der Waals surface area contributed by atoms with E-state index in [1.807, 2.05) is 37.3 Å². The van der Waals surface area contributed by atoms with Gasteiger partial charge in [-0.05, 0) is 54.8 Å². The zero-order valence-electron chi connectivity index (χ0n) is 15.2. The summed E-state index contributed by atoms with van der Waals surface area (Å²) in [6.07, 6.45) is 0.282. The maximum atomic E-state index is 12.0. The second-order valence-electron chi connectivity index (χ2n) is 5.81. The highest BCUT2D eigenvalue weighted by atomic mass is 16.5. The van der Waals surface area contributed by atoms with Crippen molar-refractivity contribution in [1.29, 1.82) is 0 Å². The van der Waals surface area contributed by atoms with Gasteiger partial charge in [-0.25, -0.2) is 0 Å². The number of hydrogen-bond donors (Lipinski definition) is 1. The summed E-state index contributed by atoms with van der Waals surface area (Å²) >= 11 is 0. The van der Waals surface area contributed by atoms with Crippen LogP contribution in [0.3, 0.4) is 0 Å². The molecule has 5 nitrogen and oxygen atoms in total. The minimum Gasteiger partial charge on any atom is -0.493 e. The van der Waals surface area contributed by atoms with Crippen LogP contribution in [-0.4, -0.2) is 33.3 Å². The maximum absolute atomic E-state index is 12.0. The highest BCUT2D eigenvalue weighted by Gasteiger charge is 2.08. The summed E-state index contributed by atoms with van der Waals surface area (Å²) in [5, 5.41) is 2.86. The zero-order valence-corrected chi connectivity index (χ0v) is 15.2. The molecule has 0 atom stereocenters. The predicted molar refractivity (Wildman–Crippen MR) is 97.7 cm³/mol. The minimum absolute atomic E-state index is 0.0593. The van der Waals surface area contributed by atoms with Crippen molar-refractivity contribution in [2.75, 3.05) is 27.4 Å². The number of ether oxygens (including phenoxy) is 3. The normalized spacial score (nSPS) is 10.2. The van der Waals surface area contributed by atoms with E-state index in [1.165, 1.54) is 11.1 Å². The Morgan fingerprint density at radius 2 is 1.72 bits per heavy atom. The number of hydrogen-bond acceptors (Lipinski definition) is 4. The Kier molecular flexibility index (Phi) is 6.69. The quantitative estimate of drug-likeness (QED) is 0.749. The van der Waals surface area contributed by atoms with Gasteiger partial charge in [0, 0.05) is 0 Å². The Morgan fingerprint density at radius 3 is 2.40 bits per heavy atom. The SMILES string of the molecule is COc1ccc(CC(=O)NCCOc2ccc(C)c(C)c2)cc1OC. The van der Waals surface area contributed by atoms with E-state index in [2.05, 4.69) is 12.2 Å². The van der Waals surface area contributed by atoms with Crippen LogP contribution in [0, 0.1) is 13.8 Å². The van der Waals surface area contributed by atoms with Crippen molar-refractivity contribution in [3.05, 3.63) is 53.1 Å². The number of aryl methyl sites for hydroxylation is 2. The van der Waals surface area contributed by atoms with Crippen molar-refractivity contribution in [2.24, 2.45) is 0 Å². The maximum Gasteiger partial charge on any atom is 0.224 e. The molecular formula is C20H25NO4. The van der Waals surface area contributed by atoms with Crippen molar-refractivity contribution in [2.45, 2.75) is 20.3 Å². The molecule has 134 valence electrons. The first-order valence-corrected chi connectivity index (χ1v) is 8.21. The van der Waals surface area contributed by atoms with Crippen LogP contribution in [0.1, 0.15) is 16.7 Å². The molecule has 25 heavy (non-hydrogen) atoms. The lowest BCUT2D eigenvalue weighted by Gasteiger charge is -2.11. The van der Waals surface area contributed by atoms with Gasteiger partial charge in [-0.15, -0.1) is 0 Å². The predicted octanol–water partition coefficient (Wildman–Crippen LogP) is 3.06. The molecule has 0 saturated carbocycles. The smallest absolute Gasteiger partial charge is 0.224 e. The Labute approximate surface area is 148 Å². The van der Waals surface area contributed by atoms with E-state index in [0.717, 1.165) is 11.3 Å². The second kappa shape index (κ2) is 8.97. The molecule has 1 amide bonds. The molecule has 0 aliphatic rings. The summed E-state index contributed by atoms with van der Waals surface area (Å²) in [6.45, 7) is 5.00. The van der Waals surface area contributed by atoms with Gasteiger partial charge in [0.05, 0.1) is 27.2 Å². The van der Waals surface area contributed by atoms with Crippen LogP contribution >= 0.6 is 0 Å². The summed E-state index contributed by atoms with van der Waals surface area (Å²) in [5.41, 5.74) is 3.29. The molecule has 0 bridgehead atoms. The van der Waals surface area contributed by atoms with Gasteiger partial charge in [-0.3, -0.25) is 4.79 Å². The van der Waals surface area contributed by atoms with Gasteiger partial charge in [0.25, 0.3) is 0 Å². The molecule has 0 heterocycles. The molecule has 0 aromatic heterocycles. The van der Waals surface area contributed by atoms with Crippen LogP contribution in [0.25, 0.3) is 0 Å². The first-order valence-electron chi connectivity index (χ1n) is 8.21. The summed E-state index contributed by atoms with van der Waals surface area (Å²) in [6, 6.07) is 11.4. The molecule has 0 spiro atoms. The third-order valence-corrected chi connectivity index (χ3v) is 3.98. The molecule has 0 saturated heterocycles. The van der Waals surface area contributed by atoms with Crippen molar-refractivity contribution >= 4 is 5.91 Å². The van der Waals surface area contributed by atoms with Crippen molar-refractivity contribution < 1.29 is 19.0 Å². The summed E-state index contributed by atoms with van der Waals surface area (Å²) in [5.74, 6) is 2.02. The Bertz CT molecular complexity index is 728. The summed E-state index contributed by atoms with van der Waals surface area (Å²) < 4.78 is 16.1. The number of methoxy groups -OCH3 is 2. The number of rotatable bonds is 8. The lowest BCUT2D eigenvalue weighted by Crippen LogP contribution is -2.29. The number of amides is 1. The third-order valence-electron chi connectivity index (χ3n) is 3.98. The molecule has 0 aliphatic carbocycles. The molecule has 2 aromatic carbocycles.